The third kappa shape index (κ3) is 4.15. The molecule has 1 atom stereocenters. The van der Waals surface area contributed by atoms with Crippen molar-refractivity contribution < 1.29 is 9.72 Å². The van der Waals surface area contributed by atoms with Gasteiger partial charge in [-0.15, -0.1) is 0 Å². The van der Waals surface area contributed by atoms with Gasteiger partial charge in [0, 0.05) is 18.2 Å². The van der Waals surface area contributed by atoms with Crippen LogP contribution in [0.1, 0.15) is 26.2 Å². The molecule has 6 nitrogen and oxygen atoms in total. The summed E-state index contributed by atoms with van der Waals surface area (Å²) in [6, 6.07) is 4.38. The summed E-state index contributed by atoms with van der Waals surface area (Å²) in [6.07, 6.45) is 3.37. The van der Waals surface area contributed by atoms with Crippen molar-refractivity contribution in [1.82, 2.24) is 4.90 Å². The number of anilines is 1. The minimum atomic E-state index is -0.515. The molecule has 0 aliphatic carbocycles. The Balaban J connectivity index is 2.02. The maximum Gasteiger partial charge on any atom is 0.271 e. The molecular formula is C14H18ClN3O3. The number of rotatable bonds is 4. The van der Waals surface area contributed by atoms with E-state index < -0.39 is 4.92 Å². The van der Waals surface area contributed by atoms with Gasteiger partial charge in [0.25, 0.3) is 5.69 Å². The molecular weight excluding hydrogens is 294 g/mol. The van der Waals surface area contributed by atoms with Gasteiger partial charge in [-0.3, -0.25) is 19.8 Å². The van der Waals surface area contributed by atoms with Crippen molar-refractivity contribution in [3.05, 3.63) is 33.3 Å². The predicted molar refractivity (Wildman–Crippen MR) is 81.6 cm³/mol. The van der Waals surface area contributed by atoms with Crippen LogP contribution in [0.3, 0.4) is 0 Å². The molecule has 0 radical (unpaired) electrons. The van der Waals surface area contributed by atoms with E-state index in [1.807, 2.05) is 0 Å². The Hall–Kier alpha value is -1.66. The van der Waals surface area contributed by atoms with Gasteiger partial charge in [-0.25, -0.2) is 0 Å². The van der Waals surface area contributed by atoms with E-state index in [0.717, 1.165) is 19.4 Å². The lowest BCUT2D eigenvalue weighted by molar-refractivity contribution is -0.384. The number of hydrogen-bond donors (Lipinski definition) is 1. The number of carbonyl (C=O) groups is 1. The molecule has 2 rings (SSSR count). The molecule has 0 unspecified atom stereocenters. The topological polar surface area (TPSA) is 75.5 Å². The van der Waals surface area contributed by atoms with Crippen molar-refractivity contribution in [2.24, 2.45) is 0 Å². The number of likely N-dealkylation sites (tertiary alicyclic amines) is 1. The SMILES string of the molecule is C[C@@H]1CCCCN1CC(=O)Nc1cc([N+](=O)[O-])ccc1Cl. The molecule has 21 heavy (non-hydrogen) atoms. The number of nitro benzene ring substituents is 1. The highest BCUT2D eigenvalue weighted by Crippen LogP contribution is 2.26. The Morgan fingerprint density at radius 2 is 2.29 bits per heavy atom. The number of hydrogen-bond acceptors (Lipinski definition) is 4. The van der Waals surface area contributed by atoms with Gasteiger partial charge in [0.05, 0.1) is 22.2 Å². The van der Waals surface area contributed by atoms with Crippen LogP contribution < -0.4 is 5.32 Å². The average molecular weight is 312 g/mol. The number of carbonyl (C=O) groups excluding carboxylic acids is 1. The van der Waals surface area contributed by atoms with E-state index in [9.17, 15) is 14.9 Å². The Bertz CT molecular complexity index is 550. The largest absolute Gasteiger partial charge is 0.323 e. The Morgan fingerprint density at radius 3 is 2.95 bits per heavy atom. The number of nitrogens with one attached hydrogen (secondary N) is 1. The van der Waals surface area contributed by atoms with Crippen LogP contribution in [-0.2, 0) is 4.79 Å². The molecule has 1 aromatic rings. The Morgan fingerprint density at radius 1 is 1.52 bits per heavy atom. The second-order valence-electron chi connectivity index (χ2n) is 5.28. The van der Waals surface area contributed by atoms with E-state index in [-0.39, 0.29) is 23.8 Å². The van der Waals surface area contributed by atoms with Crippen LogP contribution in [0.4, 0.5) is 11.4 Å². The van der Waals surface area contributed by atoms with Gasteiger partial charge in [-0.2, -0.15) is 0 Å². The summed E-state index contributed by atoms with van der Waals surface area (Å²) in [5.41, 5.74) is 0.182. The third-order valence-electron chi connectivity index (χ3n) is 3.72. The maximum absolute atomic E-state index is 12.1. The van der Waals surface area contributed by atoms with E-state index in [1.165, 1.54) is 24.6 Å². The summed E-state index contributed by atoms with van der Waals surface area (Å²) in [4.78, 5) is 24.4. The van der Waals surface area contributed by atoms with Crippen LogP contribution in [0.5, 0.6) is 0 Å². The fourth-order valence-corrected chi connectivity index (χ4v) is 2.65. The van der Waals surface area contributed by atoms with Crippen molar-refractivity contribution >= 4 is 28.9 Å². The Kier molecular flexibility index (Phi) is 5.14. The van der Waals surface area contributed by atoms with Gasteiger partial charge in [0.2, 0.25) is 5.91 Å². The average Bonchev–Trinajstić information content (AvgIpc) is 2.43. The fraction of sp³-hybridized carbons (Fsp3) is 0.500. The predicted octanol–water partition coefficient (Wildman–Crippen LogP) is 3.06. The molecule has 114 valence electrons. The molecule has 1 saturated heterocycles. The first-order chi connectivity index (χ1) is 9.97. The van der Waals surface area contributed by atoms with E-state index in [2.05, 4.69) is 17.1 Å². The quantitative estimate of drug-likeness (QED) is 0.685. The molecule has 0 aromatic heterocycles. The summed E-state index contributed by atoms with van der Waals surface area (Å²) in [5, 5.41) is 13.7. The first-order valence-corrected chi connectivity index (χ1v) is 7.33. The molecule has 0 saturated carbocycles. The molecule has 1 heterocycles. The summed E-state index contributed by atoms with van der Waals surface area (Å²) in [7, 11) is 0. The molecule has 0 spiro atoms. The van der Waals surface area contributed by atoms with Gasteiger partial charge in [0.1, 0.15) is 0 Å². The fourth-order valence-electron chi connectivity index (χ4n) is 2.49. The normalized spacial score (nSPS) is 19.2. The highest BCUT2D eigenvalue weighted by atomic mass is 35.5. The van der Waals surface area contributed by atoms with Gasteiger partial charge in [-0.1, -0.05) is 18.0 Å². The molecule has 1 aliphatic rings. The van der Waals surface area contributed by atoms with Crippen molar-refractivity contribution in [2.75, 3.05) is 18.4 Å². The smallest absolute Gasteiger partial charge is 0.271 e. The monoisotopic (exact) mass is 311 g/mol. The van der Waals surface area contributed by atoms with E-state index in [1.54, 1.807) is 0 Å². The number of non-ortho nitro benzene ring substituents is 1. The molecule has 0 bridgehead atoms. The molecule has 7 heteroatoms. The van der Waals surface area contributed by atoms with Crippen LogP contribution in [0.15, 0.2) is 18.2 Å². The lowest BCUT2D eigenvalue weighted by atomic mass is 10.0. The van der Waals surface area contributed by atoms with Crippen molar-refractivity contribution in [3.63, 3.8) is 0 Å². The van der Waals surface area contributed by atoms with Crippen LogP contribution in [0.2, 0.25) is 5.02 Å². The summed E-state index contributed by atoms with van der Waals surface area (Å²) in [5.74, 6) is -0.203. The number of amides is 1. The van der Waals surface area contributed by atoms with Crippen LogP contribution in [0, 0.1) is 10.1 Å². The number of piperidine rings is 1. The summed E-state index contributed by atoms with van der Waals surface area (Å²) < 4.78 is 0. The van der Waals surface area contributed by atoms with Crippen molar-refractivity contribution in [1.29, 1.82) is 0 Å². The van der Waals surface area contributed by atoms with Gasteiger partial charge >= 0.3 is 0 Å². The molecule has 1 N–H and O–H groups in total. The zero-order chi connectivity index (χ0) is 15.4. The molecule has 1 aliphatic heterocycles. The Labute approximate surface area is 128 Å². The van der Waals surface area contributed by atoms with Gasteiger partial charge in [0.15, 0.2) is 0 Å². The second-order valence-corrected chi connectivity index (χ2v) is 5.69. The standard InChI is InChI=1S/C14H18ClN3O3/c1-10-4-2-3-7-17(10)9-14(19)16-13-8-11(18(20)21)5-6-12(13)15/h5-6,8,10H,2-4,7,9H2,1H3,(H,16,19)/t10-/m1/s1. The van der Waals surface area contributed by atoms with Crippen LogP contribution >= 0.6 is 11.6 Å². The van der Waals surface area contributed by atoms with Gasteiger partial charge < -0.3 is 5.32 Å². The van der Waals surface area contributed by atoms with Crippen LogP contribution in [0.25, 0.3) is 0 Å². The maximum atomic E-state index is 12.1. The number of benzene rings is 1. The van der Waals surface area contributed by atoms with Crippen molar-refractivity contribution in [2.45, 2.75) is 32.2 Å². The molecule has 1 amide bonds. The first kappa shape index (κ1) is 15.7. The number of nitrogens with zero attached hydrogens (tertiary/aromatic N) is 2. The lowest BCUT2D eigenvalue weighted by Gasteiger charge is -2.32. The second kappa shape index (κ2) is 6.87. The minimum absolute atomic E-state index is 0.0963. The number of nitro groups is 1. The molecule has 1 fully saturated rings. The van der Waals surface area contributed by atoms with Crippen molar-refractivity contribution in [3.8, 4) is 0 Å². The summed E-state index contributed by atoms with van der Waals surface area (Å²) in [6.45, 7) is 3.28. The first-order valence-electron chi connectivity index (χ1n) is 6.95. The lowest BCUT2D eigenvalue weighted by Crippen LogP contribution is -2.42. The van der Waals surface area contributed by atoms with E-state index in [0.29, 0.717) is 11.1 Å². The summed E-state index contributed by atoms with van der Waals surface area (Å²) >= 11 is 5.97. The van der Waals surface area contributed by atoms with E-state index in [4.69, 9.17) is 11.6 Å². The minimum Gasteiger partial charge on any atom is -0.323 e. The third-order valence-corrected chi connectivity index (χ3v) is 4.05. The van der Waals surface area contributed by atoms with Gasteiger partial charge in [-0.05, 0) is 32.4 Å². The number of halogens is 1. The molecule has 1 aromatic carbocycles. The zero-order valence-corrected chi connectivity index (χ0v) is 12.6. The van der Waals surface area contributed by atoms with E-state index >= 15 is 0 Å². The zero-order valence-electron chi connectivity index (χ0n) is 11.8. The van der Waals surface area contributed by atoms with Crippen LogP contribution in [-0.4, -0.2) is 34.9 Å². The highest BCUT2D eigenvalue weighted by molar-refractivity contribution is 6.33. The highest BCUT2D eigenvalue weighted by Gasteiger charge is 2.21.